The lowest BCUT2D eigenvalue weighted by molar-refractivity contribution is -0.143. The molecule has 4 heteroatoms. The summed E-state index contributed by atoms with van der Waals surface area (Å²) in [6.45, 7) is 2.30. The quantitative estimate of drug-likeness (QED) is 0.859. The minimum absolute atomic E-state index is 0.285. The summed E-state index contributed by atoms with van der Waals surface area (Å²) in [5.41, 5.74) is 2.61. The fourth-order valence-corrected chi connectivity index (χ4v) is 2.14. The molecule has 0 saturated carbocycles. The predicted octanol–water partition coefficient (Wildman–Crippen LogP) is 3.14. The average Bonchev–Trinajstić information content (AvgIpc) is 2.51. The first-order chi connectivity index (χ1) is 10.1. The highest BCUT2D eigenvalue weighted by molar-refractivity contribution is 5.77. The van der Waals surface area contributed by atoms with Crippen LogP contribution in [0.1, 0.15) is 22.7 Å². The van der Waals surface area contributed by atoms with Crippen LogP contribution in [0.15, 0.2) is 48.5 Å². The first kappa shape index (κ1) is 15.2. The maximum absolute atomic E-state index is 13.3. The Bertz CT molecular complexity index is 613. The van der Waals surface area contributed by atoms with Crippen LogP contribution in [-0.4, -0.2) is 13.1 Å². The van der Waals surface area contributed by atoms with Crippen LogP contribution in [0.4, 0.5) is 4.39 Å². The van der Waals surface area contributed by atoms with E-state index in [2.05, 4.69) is 5.32 Å². The molecule has 2 rings (SSSR count). The molecular weight excluding hydrogens is 269 g/mol. The van der Waals surface area contributed by atoms with Gasteiger partial charge in [-0.25, -0.2) is 9.18 Å². The number of nitrogens with one attached hydrogen (secondary N) is 1. The number of rotatable bonds is 5. The lowest BCUT2D eigenvalue weighted by Gasteiger charge is -2.17. The van der Waals surface area contributed by atoms with Gasteiger partial charge in [0.25, 0.3) is 0 Å². The zero-order valence-electron chi connectivity index (χ0n) is 12.1. The first-order valence-corrected chi connectivity index (χ1v) is 6.73. The van der Waals surface area contributed by atoms with Gasteiger partial charge in [-0.15, -0.1) is 0 Å². The summed E-state index contributed by atoms with van der Waals surface area (Å²) in [6, 6.07) is 13.4. The third-order valence-electron chi connectivity index (χ3n) is 3.38. The van der Waals surface area contributed by atoms with Crippen molar-refractivity contribution in [3.8, 4) is 0 Å². The molecule has 21 heavy (non-hydrogen) atoms. The van der Waals surface area contributed by atoms with E-state index in [4.69, 9.17) is 4.74 Å². The number of carbonyl (C=O) groups excluding carboxylic acids is 1. The van der Waals surface area contributed by atoms with Crippen LogP contribution in [-0.2, 0) is 16.1 Å². The van der Waals surface area contributed by atoms with Crippen LogP contribution >= 0.6 is 0 Å². The third kappa shape index (κ3) is 3.89. The smallest absolute Gasteiger partial charge is 0.327 e. The van der Waals surface area contributed by atoms with Crippen molar-refractivity contribution in [3.63, 3.8) is 0 Å². The number of methoxy groups -OCH3 is 1. The van der Waals surface area contributed by atoms with Crippen molar-refractivity contribution in [1.82, 2.24) is 5.32 Å². The Labute approximate surface area is 123 Å². The number of hydrogen-bond donors (Lipinski definition) is 1. The molecule has 0 heterocycles. The highest BCUT2D eigenvalue weighted by Crippen LogP contribution is 2.16. The van der Waals surface area contributed by atoms with Crippen LogP contribution in [0.3, 0.4) is 0 Å². The Morgan fingerprint density at radius 2 is 1.95 bits per heavy atom. The molecule has 2 aromatic carbocycles. The van der Waals surface area contributed by atoms with E-state index in [1.54, 1.807) is 6.07 Å². The Hall–Kier alpha value is -2.20. The van der Waals surface area contributed by atoms with Crippen molar-refractivity contribution >= 4 is 5.97 Å². The molecular formula is C17H18FNO2. The summed E-state index contributed by atoms with van der Waals surface area (Å²) in [6.07, 6.45) is 0. The molecule has 1 unspecified atom stereocenters. The minimum atomic E-state index is -0.570. The van der Waals surface area contributed by atoms with Crippen molar-refractivity contribution in [2.24, 2.45) is 0 Å². The van der Waals surface area contributed by atoms with Crippen LogP contribution in [0, 0.1) is 12.7 Å². The molecule has 0 aromatic heterocycles. The Morgan fingerprint density at radius 3 is 2.62 bits per heavy atom. The van der Waals surface area contributed by atoms with E-state index < -0.39 is 6.04 Å². The van der Waals surface area contributed by atoms with Gasteiger partial charge in [-0.2, -0.15) is 0 Å². The van der Waals surface area contributed by atoms with E-state index in [0.717, 1.165) is 16.7 Å². The third-order valence-corrected chi connectivity index (χ3v) is 3.38. The van der Waals surface area contributed by atoms with E-state index >= 15 is 0 Å². The fraction of sp³-hybridized carbons (Fsp3) is 0.235. The molecule has 0 bridgehead atoms. The van der Waals surface area contributed by atoms with Crippen LogP contribution in [0.2, 0.25) is 0 Å². The number of benzene rings is 2. The second-order valence-electron chi connectivity index (χ2n) is 4.82. The number of ether oxygens (including phenoxy) is 1. The number of aryl methyl sites for hydroxylation is 1. The summed E-state index contributed by atoms with van der Waals surface area (Å²) >= 11 is 0. The predicted molar refractivity (Wildman–Crippen MR) is 79.2 cm³/mol. The first-order valence-electron chi connectivity index (χ1n) is 6.73. The molecule has 2 aromatic rings. The van der Waals surface area contributed by atoms with Gasteiger partial charge >= 0.3 is 5.97 Å². The maximum Gasteiger partial charge on any atom is 0.327 e. The van der Waals surface area contributed by atoms with Crippen molar-refractivity contribution in [2.75, 3.05) is 7.11 Å². The fourth-order valence-electron chi connectivity index (χ4n) is 2.14. The highest BCUT2D eigenvalue weighted by Gasteiger charge is 2.20. The number of halogens is 1. The Morgan fingerprint density at radius 1 is 1.24 bits per heavy atom. The monoisotopic (exact) mass is 287 g/mol. The molecule has 3 nitrogen and oxygen atoms in total. The molecule has 0 saturated heterocycles. The van der Waals surface area contributed by atoms with Crippen molar-refractivity contribution < 1.29 is 13.9 Å². The zero-order chi connectivity index (χ0) is 15.2. The average molecular weight is 287 g/mol. The number of esters is 1. The Kier molecular flexibility index (Phi) is 5.06. The molecule has 0 aliphatic rings. The minimum Gasteiger partial charge on any atom is -0.468 e. The normalized spacial score (nSPS) is 12.0. The lowest BCUT2D eigenvalue weighted by Crippen LogP contribution is -2.29. The number of hydrogen-bond acceptors (Lipinski definition) is 3. The van der Waals surface area contributed by atoms with Gasteiger partial charge in [0, 0.05) is 6.54 Å². The van der Waals surface area contributed by atoms with Crippen LogP contribution in [0.25, 0.3) is 0 Å². The SMILES string of the molecule is COC(=O)C(NCc1cc(F)ccc1C)c1ccccc1. The standard InChI is InChI=1S/C17H18FNO2/c1-12-8-9-15(18)10-14(12)11-19-16(17(20)21-2)13-6-4-3-5-7-13/h3-10,16,19H,11H2,1-2H3. The van der Waals surface area contributed by atoms with Gasteiger partial charge in [0.1, 0.15) is 11.9 Å². The van der Waals surface area contributed by atoms with E-state index in [0.29, 0.717) is 6.54 Å². The molecule has 0 aliphatic carbocycles. The topological polar surface area (TPSA) is 38.3 Å². The lowest BCUT2D eigenvalue weighted by atomic mass is 10.1. The molecule has 1 atom stereocenters. The molecule has 110 valence electrons. The van der Waals surface area contributed by atoms with Gasteiger partial charge < -0.3 is 4.74 Å². The highest BCUT2D eigenvalue weighted by atomic mass is 19.1. The Balaban J connectivity index is 2.16. The van der Waals surface area contributed by atoms with Crippen LogP contribution in [0.5, 0.6) is 0 Å². The summed E-state index contributed by atoms with van der Waals surface area (Å²) < 4.78 is 18.1. The van der Waals surface area contributed by atoms with Gasteiger partial charge in [0.15, 0.2) is 0 Å². The molecule has 0 aliphatic heterocycles. The van der Waals surface area contributed by atoms with E-state index in [1.165, 1.54) is 19.2 Å². The molecule has 1 N–H and O–H groups in total. The van der Waals surface area contributed by atoms with E-state index in [1.807, 2.05) is 37.3 Å². The molecule has 0 radical (unpaired) electrons. The molecule has 0 fully saturated rings. The van der Waals surface area contributed by atoms with Crippen molar-refractivity contribution in [3.05, 3.63) is 71.0 Å². The summed E-state index contributed by atoms with van der Waals surface area (Å²) in [5.74, 6) is -0.651. The van der Waals surface area contributed by atoms with E-state index in [9.17, 15) is 9.18 Å². The van der Waals surface area contributed by atoms with Crippen LogP contribution < -0.4 is 5.32 Å². The van der Waals surface area contributed by atoms with Gasteiger partial charge in [-0.3, -0.25) is 5.32 Å². The largest absolute Gasteiger partial charge is 0.468 e. The maximum atomic E-state index is 13.3. The number of carbonyl (C=O) groups is 1. The molecule has 0 spiro atoms. The summed E-state index contributed by atoms with van der Waals surface area (Å²) in [7, 11) is 1.35. The zero-order valence-corrected chi connectivity index (χ0v) is 12.1. The van der Waals surface area contributed by atoms with Crippen molar-refractivity contribution in [2.45, 2.75) is 19.5 Å². The van der Waals surface area contributed by atoms with Gasteiger partial charge in [-0.05, 0) is 35.7 Å². The van der Waals surface area contributed by atoms with Crippen molar-refractivity contribution in [1.29, 1.82) is 0 Å². The van der Waals surface area contributed by atoms with Gasteiger partial charge in [0.2, 0.25) is 0 Å². The second-order valence-corrected chi connectivity index (χ2v) is 4.82. The summed E-state index contributed by atoms with van der Waals surface area (Å²) in [5, 5.41) is 3.13. The van der Waals surface area contributed by atoms with Gasteiger partial charge in [0.05, 0.1) is 7.11 Å². The molecule has 0 amide bonds. The van der Waals surface area contributed by atoms with E-state index in [-0.39, 0.29) is 11.8 Å². The van der Waals surface area contributed by atoms with Gasteiger partial charge in [-0.1, -0.05) is 36.4 Å². The second kappa shape index (κ2) is 6.99. The summed E-state index contributed by atoms with van der Waals surface area (Å²) in [4.78, 5) is 11.9.